The highest BCUT2D eigenvalue weighted by Crippen LogP contribution is 2.26. The van der Waals surface area contributed by atoms with Gasteiger partial charge in [0, 0.05) is 44.7 Å². The second-order valence-corrected chi connectivity index (χ2v) is 7.70. The van der Waals surface area contributed by atoms with Gasteiger partial charge in [0.1, 0.15) is 0 Å². The van der Waals surface area contributed by atoms with Crippen LogP contribution in [-0.4, -0.2) is 25.0 Å². The Bertz CT molecular complexity index is 1080. The van der Waals surface area contributed by atoms with Gasteiger partial charge in [0.2, 0.25) is 0 Å². The van der Waals surface area contributed by atoms with Gasteiger partial charge < -0.3 is 15.0 Å². The molecule has 5 nitrogen and oxygen atoms in total. The number of anilines is 2. The number of hydrogen-bond donors (Lipinski definition) is 1. The number of amides is 2. The standard InChI is InChI=1S/C23H18Cl2N2O3/c24-18-11-17(12-19(25)13-18)22(28)26-20-7-5-15(6-8-20)23(29)27-9-10-30-14-16-3-1-2-4-21(16)27/h1-8,11-13H,9-10,14H2,(H,26,28). The third-order valence-corrected chi connectivity index (χ3v) is 5.20. The van der Waals surface area contributed by atoms with Gasteiger partial charge >= 0.3 is 0 Å². The third kappa shape index (κ3) is 4.49. The molecule has 0 saturated carbocycles. The average Bonchev–Trinajstić information content (AvgIpc) is 2.95. The SMILES string of the molecule is O=C(Nc1ccc(C(=O)N2CCOCc3ccccc32)cc1)c1cc(Cl)cc(Cl)c1. The molecule has 0 bridgehead atoms. The molecule has 1 heterocycles. The largest absolute Gasteiger partial charge is 0.375 e. The maximum Gasteiger partial charge on any atom is 0.258 e. The highest BCUT2D eigenvalue weighted by Gasteiger charge is 2.22. The molecule has 0 aromatic heterocycles. The molecular formula is C23H18Cl2N2O3. The second kappa shape index (κ2) is 8.88. The van der Waals surface area contributed by atoms with Crippen molar-refractivity contribution in [3.8, 4) is 0 Å². The van der Waals surface area contributed by atoms with E-state index in [1.165, 1.54) is 0 Å². The Balaban J connectivity index is 1.51. The van der Waals surface area contributed by atoms with Crippen molar-refractivity contribution in [3.63, 3.8) is 0 Å². The van der Waals surface area contributed by atoms with E-state index in [0.717, 1.165) is 11.3 Å². The van der Waals surface area contributed by atoms with Crippen molar-refractivity contribution in [1.29, 1.82) is 0 Å². The summed E-state index contributed by atoms with van der Waals surface area (Å²) in [5.41, 5.74) is 3.28. The Labute approximate surface area is 184 Å². The van der Waals surface area contributed by atoms with Crippen LogP contribution in [0.2, 0.25) is 10.0 Å². The molecule has 0 unspecified atom stereocenters. The fourth-order valence-electron chi connectivity index (χ4n) is 3.31. The van der Waals surface area contributed by atoms with Crippen LogP contribution >= 0.6 is 23.2 Å². The highest BCUT2D eigenvalue weighted by molar-refractivity contribution is 6.35. The minimum atomic E-state index is -0.336. The molecule has 0 radical (unpaired) electrons. The fourth-order valence-corrected chi connectivity index (χ4v) is 3.83. The lowest BCUT2D eigenvalue weighted by atomic mass is 10.1. The monoisotopic (exact) mass is 440 g/mol. The molecule has 1 aliphatic heterocycles. The number of hydrogen-bond acceptors (Lipinski definition) is 3. The molecule has 152 valence electrons. The molecule has 1 N–H and O–H groups in total. The number of rotatable bonds is 3. The van der Waals surface area contributed by atoms with Gasteiger partial charge in [0.05, 0.1) is 13.2 Å². The molecule has 0 fully saturated rings. The van der Waals surface area contributed by atoms with Gasteiger partial charge in [-0.3, -0.25) is 9.59 Å². The summed E-state index contributed by atoms with van der Waals surface area (Å²) >= 11 is 11.9. The Kier molecular flexibility index (Phi) is 6.04. The molecule has 2 amide bonds. The maximum atomic E-state index is 13.1. The first-order valence-corrected chi connectivity index (χ1v) is 10.1. The van der Waals surface area contributed by atoms with Gasteiger partial charge in [-0.2, -0.15) is 0 Å². The van der Waals surface area contributed by atoms with E-state index in [2.05, 4.69) is 5.32 Å². The van der Waals surface area contributed by atoms with E-state index in [4.69, 9.17) is 27.9 Å². The van der Waals surface area contributed by atoms with Crippen LogP contribution in [-0.2, 0) is 11.3 Å². The summed E-state index contributed by atoms with van der Waals surface area (Å²) in [6.45, 7) is 1.43. The first kappa shape index (κ1) is 20.4. The van der Waals surface area contributed by atoms with Crippen LogP contribution in [0.1, 0.15) is 26.3 Å². The van der Waals surface area contributed by atoms with Crippen molar-refractivity contribution in [1.82, 2.24) is 0 Å². The summed E-state index contributed by atoms with van der Waals surface area (Å²) in [7, 11) is 0. The Hall–Kier alpha value is -2.86. The van der Waals surface area contributed by atoms with E-state index < -0.39 is 0 Å². The van der Waals surface area contributed by atoms with Gasteiger partial charge in [0.25, 0.3) is 11.8 Å². The Morgan fingerprint density at radius 3 is 2.33 bits per heavy atom. The smallest absolute Gasteiger partial charge is 0.258 e. The summed E-state index contributed by atoms with van der Waals surface area (Å²) < 4.78 is 5.60. The number of nitrogens with one attached hydrogen (secondary N) is 1. The maximum absolute atomic E-state index is 13.1. The number of carbonyl (C=O) groups is 2. The van der Waals surface area contributed by atoms with E-state index >= 15 is 0 Å². The fraction of sp³-hybridized carbons (Fsp3) is 0.130. The van der Waals surface area contributed by atoms with Crippen LogP contribution in [0, 0.1) is 0 Å². The number of carbonyl (C=O) groups excluding carboxylic acids is 2. The molecule has 7 heteroatoms. The van der Waals surface area contributed by atoms with Crippen molar-refractivity contribution in [2.24, 2.45) is 0 Å². The zero-order chi connectivity index (χ0) is 21.1. The number of halogens is 2. The molecule has 4 rings (SSSR count). The third-order valence-electron chi connectivity index (χ3n) is 4.76. The van der Waals surface area contributed by atoms with E-state index in [0.29, 0.717) is 46.6 Å². The minimum absolute atomic E-state index is 0.118. The van der Waals surface area contributed by atoms with Crippen molar-refractivity contribution >= 4 is 46.4 Å². The van der Waals surface area contributed by atoms with E-state index in [1.807, 2.05) is 24.3 Å². The highest BCUT2D eigenvalue weighted by atomic mass is 35.5. The topological polar surface area (TPSA) is 58.6 Å². The van der Waals surface area contributed by atoms with E-state index in [9.17, 15) is 9.59 Å². The van der Waals surface area contributed by atoms with Gasteiger partial charge in [-0.1, -0.05) is 41.4 Å². The molecule has 0 saturated heterocycles. The lowest BCUT2D eigenvalue weighted by Crippen LogP contribution is -2.33. The van der Waals surface area contributed by atoms with Crippen molar-refractivity contribution in [2.45, 2.75) is 6.61 Å². The quantitative estimate of drug-likeness (QED) is 0.590. The summed E-state index contributed by atoms with van der Waals surface area (Å²) in [4.78, 5) is 27.3. The van der Waals surface area contributed by atoms with Crippen molar-refractivity contribution in [2.75, 3.05) is 23.4 Å². The number of para-hydroxylation sites is 1. The van der Waals surface area contributed by atoms with Gasteiger partial charge in [-0.25, -0.2) is 0 Å². The van der Waals surface area contributed by atoms with E-state index in [1.54, 1.807) is 47.4 Å². The summed E-state index contributed by atoms with van der Waals surface area (Å²) in [6.07, 6.45) is 0. The van der Waals surface area contributed by atoms with Crippen LogP contribution in [0.4, 0.5) is 11.4 Å². The molecular weight excluding hydrogens is 423 g/mol. The minimum Gasteiger partial charge on any atom is -0.375 e. The van der Waals surface area contributed by atoms with Gasteiger partial charge in [-0.05, 0) is 48.5 Å². The molecule has 3 aromatic rings. The van der Waals surface area contributed by atoms with Crippen LogP contribution < -0.4 is 10.2 Å². The van der Waals surface area contributed by atoms with Crippen LogP contribution in [0.3, 0.4) is 0 Å². The van der Waals surface area contributed by atoms with Crippen LogP contribution in [0.5, 0.6) is 0 Å². The summed E-state index contributed by atoms with van der Waals surface area (Å²) in [5, 5.41) is 3.55. The van der Waals surface area contributed by atoms with Crippen LogP contribution in [0.15, 0.2) is 66.7 Å². The predicted octanol–water partition coefficient (Wildman–Crippen LogP) is 5.42. The Morgan fingerprint density at radius 2 is 1.60 bits per heavy atom. The van der Waals surface area contributed by atoms with Gasteiger partial charge in [0.15, 0.2) is 0 Å². The molecule has 0 aliphatic carbocycles. The molecule has 0 atom stereocenters. The predicted molar refractivity (Wildman–Crippen MR) is 119 cm³/mol. The summed E-state index contributed by atoms with van der Waals surface area (Å²) in [5.74, 6) is -0.454. The average molecular weight is 441 g/mol. The lowest BCUT2D eigenvalue weighted by molar-refractivity contribution is 0.0965. The molecule has 30 heavy (non-hydrogen) atoms. The second-order valence-electron chi connectivity index (χ2n) is 6.83. The first-order chi connectivity index (χ1) is 14.5. The zero-order valence-electron chi connectivity index (χ0n) is 15.9. The number of ether oxygens (including phenoxy) is 1. The normalized spacial score (nSPS) is 13.3. The first-order valence-electron chi connectivity index (χ1n) is 9.36. The summed E-state index contributed by atoms with van der Waals surface area (Å²) in [6, 6.07) is 19.1. The van der Waals surface area contributed by atoms with Gasteiger partial charge in [-0.15, -0.1) is 0 Å². The van der Waals surface area contributed by atoms with Crippen molar-refractivity contribution in [3.05, 3.63) is 93.5 Å². The number of benzene rings is 3. The molecule has 0 spiro atoms. The molecule has 1 aliphatic rings. The Morgan fingerprint density at radius 1 is 0.900 bits per heavy atom. The number of fused-ring (bicyclic) bond motifs is 1. The lowest BCUT2D eigenvalue weighted by Gasteiger charge is -2.22. The zero-order valence-corrected chi connectivity index (χ0v) is 17.4. The number of nitrogens with zero attached hydrogens (tertiary/aromatic N) is 1. The van der Waals surface area contributed by atoms with Crippen LogP contribution in [0.25, 0.3) is 0 Å². The van der Waals surface area contributed by atoms with E-state index in [-0.39, 0.29) is 11.8 Å². The van der Waals surface area contributed by atoms with Crippen molar-refractivity contribution < 1.29 is 14.3 Å². The molecule has 3 aromatic carbocycles.